The number of carbonyl (C=O) groups excluding carboxylic acids is 2. The highest BCUT2D eigenvalue weighted by Gasteiger charge is 2.23. The number of ether oxygens (including phenoxy) is 3. The van der Waals surface area contributed by atoms with Crippen LogP contribution in [-0.2, 0) is 13.0 Å². The van der Waals surface area contributed by atoms with Gasteiger partial charge in [-0.05, 0) is 74.0 Å². The van der Waals surface area contributed by atoms with E-state index in [0.717, 1.165) is 16.9 Å². The Morgan fingerprint density at radius 3 is 2.29 bits per heavy atom. The maximum atomic E-state index is 13.2. The van der Waals surface area contributed by atoms with E-state index in [1.807, 2.05) is 61.4 Å². The summed E-state index contributed by atoms with van der Waals surface area (Å²) < 4.78 is 17.2. The molecule has 1 aliphatic rings. The van der Waals surface area contributed by atoms with Gasteiger partial charge in [-0.25, -0.2) is 0 Å². The molecule has 7 nitrogen and oxygen atoms in total. The molecule has 0 radical (unpaired) electrons. The second-order valence-electron chi connectivity index (χ2n) is 7.99. The van der Waals surface area contributed by atoms with Crippen LogP contribution < -0.4 is 19.5 Å². The molecule has 0 atom stereocenters. The van der Waals surface area contributed by atoms with E-state index in [9.17, 15) is 9.59 Å². The molecule has 1 N–H and O–H groups in total. The summed E-state index contributed by atoms with van der Waals surface area (Å²) in [6.45, 7) is 8.16. The number of thiophene rings is 1. The Morgan fingerprint density at radius 1 is 0.943 bits per heavy atom. The predicted octanol–water partition coefficient (Wildman–Crippen LogP) is 5.40. The molecule has 2 aromatic carbocycles. The van der Waals surface area contributed by atoms with Gasteiger partial charge in [0.15, 0.2) is 11.5 Å². The Bertz CT molecular complexity index is 1170. The lowest BCUT2D eigenvalue weighted by molar-refractivity contribution is 0.0739. The second kappa shape index (κ2) is 11.3. The molecule has 184 valence electrons. The highest BCUT2D eigenvalue weighted by atomic mass is 32.1. The standard InChI is InChI=1S/C27H30N2O5S/c1-4-32-22-15-19(16-23(33-5-2)25(22)34-6-3)26(30)28-21-10-9-18-11-12-29(17-20(18)14-21)27(31)24-8-7-13-35-24/h7-10,13-16H,4-6,11-12,17H2,1-3H3,(H,28,30). The maximum Gasteiger partial charge on any atom is 0.264 e. The van der Waals surface area contributed by atoms with Crippen LogP contribution >= 0.6 is 11.3 Å². The lowest BCUT2D eigenvalue weighted by atomic mass is 9.98. The summed E-state index contributed by atoms with van der Waals surface area (Å²) in [7, 11) is 0. The lowest BCUT2D eigenvalue weighted by Crippen LogP contribution is -2.35. The van der Waals surface area contributed by atoms with Crippen molar-refractivity contribution in [2.75, 3.05) is 31.7 Å². The first kappa shape index (κ1) is 24.6. The fraction of sp³-hybridized carbons (Fsp3) is 0.333. The van der Waals surface area contributed by atoms with E-state index in [4.69, 9.17) is 14.2 Å². The van der Waals surface area contributed by atoms with Gasteiger partial charge in [0.25, 0.3) is 11.8 Å². The van der Waals surface area contributed by atoms with Crippen molar-refractivity contribution >= 4 is 28.8 Å². The van der Waals surface area contributed by atoms with Gasteiger partial charge in [0.2, 0.25) is 5.75 Å². The van der Waals surface area contributed by atoms with Crippen molar-refractivity contribution in [3.63, 3.8) is 0 Å². The zero-order valence-electron chi connectivity index (χ0n) is 20.3. The molecule has 0 saturated heterocycles. The van der Waals surface area contributed by atoms with Crippen molar-refractivity contribution in [2.45, 2.75) is 33.7 Å². The first-order chi connectivity index (χ1) is 17.0. The second-order valence-corrected chi connectivity index (χ2v) is 8.94. The molecule has 8 heteroatoms. The smallest absolute Gasteiger partial charge is 0.264 e. The van der Waals surface area contributed by atoms with E-state index in [2.05, 4.69) is 5.32 Å². The summed E-state index contributed by atoms with van der Waals surface area (Å²) in [5.41, 5.74) is 3.31. The maximum absolute atomic E-state index is 13.2. The van der Waals surface area contributed by atoms with Crippen molar-refractivity contribution in [1.29, 1.82) is 0 Å². The zero-order chi connectivity index (χ0) is 24.8. The molecule has 3 aromatic rings. The average Bonchev–Trinajstić information content (AvgIpc) is 3.40. The number of benzene rings is 2. The zero-order valence-corrected chi connectivity index (χ0v) is 21.1. The van der Waals surface area contributed by atoms with E-state index < -0.39 is 0 Å². The predicted molar refractivity (Wildman–Crippen MR) is 137 cm³/mol. The van der Waals surface area contributed by atoms with Gasteiger partial charge in [0.05, 0.1) is 24.7 Å². The molecule has 0 spiro atoms. The molecule has 1 aromatic heterocycles. The molecule has 0 unspecified atom stereocenters. The summed E-state index contributed by atoms with van der Waals surface area (Å²) in [4.78, 5) is 28.6. The highest BCUT2D eigenvalue weighted by Crippen LogP contribution is 2.39. The number of carbonyl (C=O) groups is 2. The molecule has 35 heavy (non-hydrogen) atoms. The van der Waals surface area contributed by atoms with E-state index in [1.165, 1.54) is 16.9 Å². The number of rotatable bonds is 9. The van der Waals surface area contributed by atoms with E-state index in [0.29, 0.717) is 61.4 Å². The summed E-state index contributed by atoms with van der Waals surface area (Å²) >= 11 is 1.45. The molecule has 0 bridgehead atoms. The molecule has 0 fully saturated rings. The number of hydrogen-bond donors (Lipinski definition) is 1. The van der Waals surface area contributed by atoms with Crippen molar-refractivity contribution in [2.24, 2.45) is 0 Å². The van der Waals surface area contributed by atoms with Crippen molar-refractivity contribution < 1.29 is 23.8 Å². The normalized spacial score (nSPS) is 12.6. The summed E-state index contributed by atoms with van der Waals surface area (Å²) in [6, 6.07) is 12.9. The van der Waals surface area contributed by atoms with Gasteiger partial charge < -0.3 is 24.4 Å². The van der Waals surface area contributed by atoms with Gasteiger partial charge in [-0.15, -0.1) is 11.3 Å². The van der Waals surface area contributed by atoms with Crippen LogP contribution in [0.5, 0.6) is 17.2 Å². The van der Waals surface area contributed by atoms with Crippen LogP contribution in [0.2, 0.25) is 0 Å². The fourth-order valence-corrected chi connectivity index (χ4v) is 4.78. The largest absolute Gasteiger partial charge is 0.490 e. The summed E-state index contributed by atoms with van der Waals surface area (Å²) in [5.74, 6) is 1.20. The molecule has 1 aliphatic heterocycles. The lowest BCUT2D eigenvalue weighted by Gasteiger charge is -2.29. The van der Waals surface area contributed by atoms with Gasteiger partial charge in [0.1, 0.15) is 0 Å². The molecule has 2 heterocycles. The number of fused-ring (bicyclic) bond motifs is 1. The molecule has 4 rings (SSSR count). The highest BCUT2D eigenvalue weighted by molar-refractivity contribution is 7.12. The van der Waals surface area contributed by atoms with Crippen LogP contribution in [0.3, 0.4) is 0 Å². The molecular weight excluding hydrogens is 464 g/mol. The van der Waals surface area contributed by atoms with Gasteiger partial charge in [-0.2, -0.15) is 0 Å². The first-order valence-electron chi connectivity index (χ1n) is 11.9. The van der Waals surface area contributed by atoms with Crippen molar-refractivity contribution in [3.8, 4) is 17.2 Å². The van der Waals surface area contributed by atoms with Crippen molar-refractivity contribution in [3.05, 3.63) is 69.4 Å². The topological polar surface area (TPSA) is 77.1 Å². The fourth-order valence-electron chi connectivity index (χ4n) is 4.09. The Labute approximate surface area is 209 Å². The van der Waals surface area contributed by atoms with Crippen LogP contribution in [0.25, 0.3) is 0 Å². The number of nitrogens with one attached hydrogen (secondary N) is 1. The van der Waals surface area contributed by atoms with Gasteiger partial charge in [-0.3, -0.25) is 9.59 Å². The molecule has 2 amide bonds. The Hall–Kier alpha value is -3.52. The Kier molecular flexibility index (Phi) is 7.92. The van der Waals surface area contributed by atoms with Crippen LogP contribution in [0.15, 0.2) is 47.8 Å². The first-order valence-corrected chi connectivity index (χ1v) is 12.7. The molecular formula is C27H30N2O5S. The third-order valence-corrected chi connectivity index (χ3v) is 6.52. The van der Waals surface area contributed by atoms with Crippen molar-refractivity contribution in [1.82, 2.24) is 4.90 Å². The Balaban J connectivity index is 1.54. The van der Waals surface area contributed by atoms with Gasteiger partial charge in [-0.1, -0.05) is 12.1 Å². The minimum atomic E-state index is -0.280. The van der Waals surface area contributed by atoms with Crippen LogP contribution in [0, 0.1) is 0 Å². The van der Waals surface area contributed by atoms with E-state index in [1.54, 1.807) is 12.1 Å². The van der Waals surface area contributed by atoms with Gasteiger partial charge >= 0.3 is 0 Å². The Morgan fingerprint density at radius 2 is 1.66 bits per heavy atom. The third-order valence-electron chi connectivity index (χ3n) is 5.67. The van der Waals surface area contributed by atoms with Crippen LogP contribution in [0.1, 0.15) is 51.9 Å². The van der Waals surface area contributed by atoms with Crippen LogP contribution in [0.4, 0.5) is 5.69 Å². The molecule has 0 saturated carbocycles. The summed E-state index contributed by atoms with van der Waals surface area (Å²) in [6.07, 6.45) is 0.787. The van der Waals surface area contributed by atoms with Crippen LogP contribution in [-0.4, -0.2) is 43.1 Å². The minimum absolute atomic E-state index is 0.0429. The SMILES string of the molecule is CCOc1cc(C(=O)Nc2ccc3c(c2)CN(C(=O)c2cccs2)CC3)cc(OCC)c1OCC. The number of anilines is 1. The quantitative estimate of drug-likeness (QED) is 0.431. The number of amides is 2. The van der Waals surface area contributed by atoms with E-state index in [-0.39, 0.29) is 11.8 Å². The van der Waals surface area contributed by atoms with Gasteiger partial charge in [0, 0.05) is 24.3 Å². The monoisotopic (exact) mass is 494 g/mol. The average molecular weight is 495 g/mol. The number of nitrogens with zero attached hydrogens (tertiary/aromatic N) is 1. The molecule has 0 aliphatic carbocycles. The third kappa shape index (κ3) is 5.59. The number of hydrogen-bond acceptors (Lipinski definition) is 6. The summed E-state index contributed by atoms with van der Waals surface area (Å²) in [5, 5.41) is 4.89. The van der Waals surface area contributed by atoms with E-state index >= 15 is 0 Å². The minimum Gasteiger partial charge on any atom is -0.490 e.